The first-order chi connectivity index (χ1) is 5.88. The van der Waals surface area contributed by atoms with E-state index in [-0.39, 0.29) is 0 Å². The minimum Gasteiger partial charge on any atom is -0.299 e. The topological polar surface area (TPSA) is 17.1 Å². The molecule has 0 bridgehead atoms. The first-order valence-electron chi connectivity index (χ1n) is 5.07. The van der Waals surface area contributed by atoms with Gasteiger partial charge in [0, 0.05) is 12.3 Å². The lowest BCUT2D eigenvalue weighted by Gasteiger charge is -2.15. The first kappa shape index (κ1) is 5.95. The van der Waals surface area contributed by atoms with Gasteiger partial charge >= 0.3 is 0 Å². The summed E-state index contributed by atoms with van der Waals surface area (Å²) < 4.78 is 0. The summed E-state index contributed by atoms with van der Waals surface area (Å²) in [6.07, 6.45) is 6.91. The van der Waals surface area contributed by atoms with E-state index in [1.165, 1.54) is 6.42 Å². The second-order valence-corrected chi connectivity index (χ2v) is 4.92. The van der Waals surface area contributed by atoms with Crippen molar-refractivity contribution in [2.24, 2.45) is 35.5 Å². The predicted molar refractivity (Wildman–Crippen MR) is 44.3 cm³/mol. The van der Waals surface area contributed by atoms with Crippen LogP contribution < -0.4 is 0 Å². The summed E-state index contributed by atoms with van der Waals surface area (Å²) in [6.45, 7) is 0. The Morgan fingerprint density at radius 1 is 1.25 bits per heavy atom. The molecule has 0 heterocycles. The van der Waals surface area contributed by atoms with Gasteiger partial charge in [0.2, 0.25) is 0 Å². The van der Waals surface area contributed by atoms with Gasteiger partial charge in [0.1, 0.15) is 5.78 Å². The Labute approximate surface area is 71.8 Å². The highest BCUT2D eigenvalue weighted by atomic mass is 16.1. The Hall–Kier alpha value is -0.590. The van der Waals surface area contributed by atoms with Gasteiger partial charge in [0.05, 0.1) is 0 Å². The molecule has 1 heteroatoms. The fourth-order valence-corrected chi connectivity index (χ4v) is 4.36. The molecule has 0 amide bonds. The second kappa shape index (κ2) is 1.55. The molecular weight excluding hydrogens is 148 g/mol. The molecular formula is C11H12O. The molecule has 6 atom stereocenters. The van der Waals surface area contributed by atoms with Crippen molar-refractivity contribution < 1.29 is 4.79 Å². The molecule has 0 aromatic carbocycles. The van der Waals surface area contributed by atoms with Crippen LogP contribution in [0.1, 0.15) is 12.8 Å². The highest BCUT2D eigenvalue weighted by Crippen LogP contribution is 2.73. The van der Waals surface area contributed by atoms with E-state index < -0.39 is 0 Å². The molecule has 12 heavy (non-hydrogen) atoms. The number of ketones is 1. The highest BCUT2D eigenvalue weighted by Gasteiger charge is 2.72. The number of hydrogen-bond donors (Lipinski definition) is 0. The van der Waals surface area contributed by atoms with E-state index in [4.69, 9.17) is 0 Å². The smallest absolute Gasteiger partial charge is 0.136 e. The van der Waals surface area contributed by atoms with E-state index in [2.05, 4.69) is 12.2 Å². The van der Waals surface area contributed by atoms with E-state index in [1.807, 2.05) is 0 Å². The van der Waals surface area contributed by atoms with Crippen molar-refractivity contribution in [2.45, 2.75) is 12.8 Å². The van der Waals surface area contributed by atoms with Crippen LogP contribution in [-0.4, -0.2) is 5.78 Å². The van der Waals surface area contributed by atoms with E-state index in [1.54, 1.807) is 0 Å². The van der Waals surface area contributed by atoms with Gasteiger partial charge in [-0.25, -0.2) is 0 Å². The quantitative estimate of drug-likeness (QED) is 0.492. The Morgan fingerprint density at radius 2 is 2.08 bits per heavy atom. The number of carbonyl (C=O) groups is 1. The van der Waals surface area contributed by atoms with Gasteiger partial charge in [-0.3, -0.25) is 4.79 Å². The summed E-state index contributed by atoms with van der Waals surface area (Å²) in [5, 5.41) is 0. The van der Waals surface area contributed by atoms with Gasteiger partial charge in [-0.1, -0.05) is 12.2 Å². The van der Waals surface area contributed by atoms with Crippen molar-refractivity contribution >= 4 is 5.78 Å². The third kappa shape index (κ3) is 0.429. The SMILES string of the molecule is O=C1CC2C3C=CCC3C3C1C23. The van der Waals surface area contributed by atoms with E-state index in [0.29, 0.717) is 11.7 Å². The van der Waals surface area contributed by atoms with E-state index in [9.17, 15) is 4.79 Å². The predicted octanol–water partition coefficient (Wildman–Crippen LogP) is 1.64. The number of hydrogen-bond acceptors (Lipinski definition) is 1. The normalized spacial score (nSPS) is 63.8. The van der Waals surface area contributed by atoms with Gasteiger partial charge in [-0.05, 0) is 36.0 Å². The standard InChI is InChI=1S/C11H12O/c12-8-4-7-5-2-1-3-6(5)9-10(7)11(8)9/h1-2,5-7,9-11H,3-4H2. The number of carbonyl (C=O) groups excluding carboxylic acids is 1. The first-order valence-corrected chi connectivity index (χ1v) is 5.07. The van der Waals surface area contributed by atoms with Crippen molar-refractivity contribution in [1.82, 2.24) is 0 Å². The maximum Gasteiger partial charge on any atom is 0.136 e. The Morgan fingerprint density at radius 3 is 3.00 bits per heavy atom. The summed E-state index contributed by atoms with van der Waals surface area (Å²) >= 11 is 0. The van der Waals surface area contributed by atoms with Crippen LogP contribution in [0.25, 0.3) is 0 Å². The van der Waals surface area contributed by atoms with Crippen molar-refractivity contribution in [3.63, 3.8) is 0 Å². The molecule has 0 spiro atoms. The summed E-state index contributed by atoms with van der Waals surface area (Å²) in [6, 6.07) is 0. The third-order valence-corrected chi connectivity index (χ3v) is 4.69. The second-order valence-electron chi connectivity index (χ2n) is 4.92. The maximum absolute atomic E-state index is 11.5. The molecule has 0 N–H and O–H groups in total. The monoisotopic (exact) mass is 160 g/mol. The van der Waals surface area contributed by atoms with Crippen LogP contribution in [0.2, 0.25) is 0 Å². The molecule has 0 radical (unpaired) electrons. The zero-order chi connectivity index (χ0) is 7.87. The van der Waals surface area contributed by atoms with Crippen molar-refractivity contribution in [1.29, 1.82) is 0 Å². The zero-order valence-corrected chi connectivity index (χ0v) is 6.94. The fraction of sp³-hybridized carbons (Fsp3) is 0.727. The largest absolute Gasteiger partial charge is 0.299 e. The summed E-state index contributed by atoms with van der Waals surface area (Å²) in [5.74, 6) is 5.28. The average molecular weight is 160 g/mol. The molecule has 6 unspecified atom stereocenters. The minimum atomic E-state index is 0.538. The van der Waals surface area contributed by atoms with Gasteiger partial charge in [0.25, 0.3) is 0 Å². The van der Waals surface area contributed by atoms with Gasteiger partial charge in [-0.15, -0.1) is 0 Å². The lowest BCUT2D eigenvalue weighted by atomic mass is 9.88. The number of Topliss-reactive ketones (excluding diaryl/α,β-unsaturated/α-hetero) is 1. The van der Waals surface area contributed by atoms with Crippen LogP contribution >= 0.6 is 0 Å². The molecule has 1 nitrogen and oxygen atoms in total. The van der Waals surface area contributed by atoms with E-state index in [0.717, 1.165) is 36.0 Å². The Bertz CT molecular complexity index is 304. The molecule has 4 rings (SSSR count). The van der Waals surface area contributed by atoms with Gasteiger partial charge < -0.3 is 0 Å². The van der Waals surface area contributed by atoms with Crippen molar-refractivity contribution in [2.75, 3.05) is 0 Å². The van der Waals surface area contributed by atoms with Crippen LogP contribution in [0.15, 0.2) is 12.2 Å². The lowest BCUT2D eigenvalue weighted by molar-refractivity contribution is -0.119. The lowest BCUT2D eigenvalue weighted by Crippen LogP contribution is -2.11. The van der Waals surface area contributed by atoms with Crippen LogP contribution in [0, 0.1) is 35.5 Å². The van der Waals surface area contributed by atoms with Gasteiger partial charge in [-0.2, -0.15) is 0 Å². The molecule has 3 fully saturated rings. The number of allylic oxidation sites excluding steroid dienone is 2. The zero-order valence-electron chi connectivity index (χ0n) is 6.94. The van der Waals surface area contributed by atoms with Gasteiger partial charge in [0.15, 0.2) is 0 Å². The van der Waals surface area contributed by atoms with Crippen LogP contribution in [0.3, 0.4) is 0 Å². The molecule has 0 aromatic rings. The molecule has 3 saturated carbocycles. The number of fused-ring (bicyclic) bond motifs is 4. The average Bonchev–Trinajstić information content (AvgIpc) is 2.41. The molecule has 4 aliphatic carbocycles. The van der Waals surface area contributed by atoms with Crippen LogP contribution in [-0.2, 0) is 4.79 Å². The van der Waals surface area contributed by atoms with Crippen molar-refractivity contribution in [3.8, 4) is 0 Å². The maximum atomic E-state index is 11.5. The van der Waals surface area contributed by atoms with Crippen LogP contribution in [0.5, 0.6) is 0 Å². The molecule has 4 aliphatic rings. The Kier molecular flexibility index (Phi) is 0.768. The van der Waals surface area contributed by atoms with Crippen molar-refractivity contribution in [3.05, 3.63) is 12.2 Å². The van der Waals surface area contributed by atoms with Crippen LogP contribution in [0.4, 0.5) is 0 Å². The molecule has 0 aliphatic heterocycles. The molecule has 0 aromatic heterocycles. The third-order valence-electron chi connectivity index (χ3n) is 4.69. The van der Waals surface area contributed by atoms with E-state index >= 15 is 0 Å². The summed E-state index contributed by atoms with van der Waals surface area (Å²) in [7, 11) is 0. The minimum absolute atomic E-state index is 0.538. The molecule has 62 valence electrons. The highest BCUT2D eigenvalue weighted by molar-refractivity contribution is 5.88. The Balaban J connectivity index is 1.83. The summed E-state index contributed by atoms with van der Waals surface area (Å²) in [4.78, 5) is 11.5. The molecule has 0 saturated heterocycles. The summed E-state index contributed by atoms with van der Waals surface area (Å²) in [5.41, 5.74) is 0. The number of rotatable bonds is 0. The fourth-order valence-electron chi connectivity index (χ4n) is 4.36.